The number of carbonyl (C=O) groups is 2. The molecule has 0 unspecified atom stereocenters. The number of sulfonamides is 1. The van der Waals surface area contributed by atoms with Crippen LogP contribution in [0.15, 0.2) is 47.4 Å². The van der Waals surface area contributed by atoms with Crippen LogP contribution in [0.2, 0.25) is 0 Å². The van der Waals surface area contributed by atoms with Crippen molar-refractivity contribution in [3.05, 3.63) is 53.8 Å². The van der Waals surface area contributed by atoms with Crippen LogP contribution in [0, 0.1) is 5.82 Å². The first-order valence-electron chi connectivity index (χ1n) is 11.1. The van der Waals surface area contributed by atoms with Crippen molar-refractivity contribution < 1.29 is 31.9 Å². The number of nitrogens with one attached hydrogen (secondary N) is 2. The van der Waals surface area contributed by atoms with Gasteiger partial charge in [-0.25, -0.2) is 12.8 Å². The largest absolute Gasteiger partial charge is 0.454 e. The maximum atomic E-state index is 13.2. The monoisotopic (exact) mass is 491 g/mol. The van der Waals surface area contributed by atoms with E-state index in [4.69, 9.17) is 9.47 Å². The lowest BCUT2D eigenvalue weighted by Crippen LogP contribution is -2.46. The molecule has 0 spiro atoms. The number of fused-ring (bicyclic) bond motifs is 1. The highest BCUT2D eigenvalue weighted by Crippen LogP contribution is 2.32. The third kappa shape index (κ3) is 5.48. The zero-order valence-corrected chi connectivity index (χ0v) is 19.3. The van der Waals surface area contributed by atoms with Gasteiger partial charge in [0.15, 0.2) is 11.5 Å². The lowest BCUT2D eigenvalue weighted by atomic mass is 10.0. The SMILES string of the molecule is O=C(NCC[C@@H]1CCCCN1S(=O)(=O)c1ccc(F)cc1)C(=O)NCc1ccc2c(c1)OCO2. The lowest BCUT2D eigenvalue weighted by molar-refractivity contribution is -0.139. The maximum Gasteiger partial charge on any atom is 0.309 e. The smallest absolute Gasteiger partial charge is 0.309 e. The molecule has 0 aliphatic carbocycles. The summed E-state index contributed by atoms with van der Waals surface area (Å²) in [6.45, 7) is 0.803. The second-order valence-corrected chi connectivity index (χ2v) is 10.0. The van der Waals surface area contributed by atoms with Crippen LogP contribution in [0.5, 0.6) is 11.5 Å². The Labute approximate surface area is 197 Å². The molecule has 0 bridgehead atoms. The first-order valence-corrected chi connectivity index (χ1v) is 12.5. The second kappa shape index (κ2) is 10.4. The molecule has 0 radical (unpaired) electrons. The molecule has 2 aliphatic rings. The number of carbonyl (C=O) groups excluding carboxylic acids is 2. The van der Waals surface area contributed by atoms with E-state index in [2.05, 4.69) is 10.6 Å². The third-order valence-electron chi connectivity index (χ3n) is 5.85. The number of nitrogens with zero attached hydrogens (tertiary/aromatic N) is 1. The number of piperidine rings is 1. The van der Waals surface area contributed by atoms with Gasteiger partial charge in [0.1, 0.15) is 5.82 Å². The average Bonchev–Trinajstić information content (AvgIpc) is 3.31. The lowest BCUT2D eigenvalue weighted by Gasteiger charge is -2.34. The Balaban J connectivity index is 1.27. The number of halogens is 1. The van der Waals surface area contributed by atoms with Gasteiger partial charge in [-0.2, -0.15) is 4.31 Å². The summed E-state index contributed by atoms with van der Waals surface area (Å²) < 4.78 is 51.2. The van der Waals surface area contributed by atoms with Gasteiger partial charge in [0, 0.05) is 25.7 Å². The normalized spacial score (nSPS) is 17.9. The van der Waals surface area contributed by atoms with Gasteiger partial charge in [-0.3, -0.25) is 9.59 Å². The van der Waals surface area contributed by atoms with Crippen molar-refractivity contribution in [3.63, 3.8) is 0 Å². The summed E-state index contributed by atoms with van der Waals surface area (Å²) >= 11 is 0. The second-order valence-electron chi connectivity index (χ2n) is 8.13. The standard InChI is InChI=1S/C23H26FN3O6S/c24-17-5-7-19(8-6-17)34(30,31)27-12-2-1-3-18(27)10-11-25-22(28)23(29)26-14-16-4-9-20-21(13-16)33-15-32-20/h4-9,13,18H,1-3,10-12,14-15H2,(H,25,28)(H,26,29)/t18-/m0/s1. The van der Waals surface area contributed by atoms with Crippen LogP contribution in [0.3, 0.4) is 0 Å². The summed E-state index contributed by atoms with van der Waals surface area (Å²) in [5.74, 6) is -0.856. The van der Waals surface area contributed by atoms with E-state index in [0.29, 0.717) is 30.9 Å². The number of benzene rings is 2. The number of hydrogen-bond acceptors (Lipinski definition) is 6. The van der Waals surface area contributed by atoms with E-state index in [1.807, 2.05) is 0 Å². The van der Waals surface area contributed by atoms with E-state index >= 15 is 0 Å². The predicted molar refractivity (Wildman–Crippen MR) is 120 cm³/mol. The van der Waals surface area contributed by atoms with Crippen LogP contribution in [0.4, 0.5) is 4.39 Å². The van der Waals surface area contributed by atoms with E-state index in [0.717, 1.165) is 30.5 Å². The highest BCUT2D eigenvalue weighted by Gasteiger charge is 2.33. The van der Waals surface area contributed by atoms with Crippen LogP contribution in [-0.2, 0) is 26.2 Å². The Morgan fingerprint density at radius 1 is 1.00 bits per heavy atom. The van der Waals surface area contributed by atoms with Crippen molar-refractivity contribution in [2.75, 3.05) is 19.9 Å². The Bertz CT molecular complexity index is 1160. The number of amides is 2. The molecule has 2 N–H and O–H groups in total. The molecule has 34 heavy (non-hydrogen) atoms. The van der Waals surface area contributed by atoms with Crippen molar-refractivity contribution >= 4 is 21.8 Å². The molecule has 0 saturated carbocycles. The summed E-state index contributed by atoms with van der Waals surface area (Å²) in [4.78, 5) is 24.4. The summed E-state index contributed by atoms with van der Waals surface area (Å²) in [7, 11) is -3.78. The van der Waals surface area contributed by atoms with Crippen molar-refractivity contribution in [1.29, 1.82) is 0 Å². The minimum Gasteiger partial charge on any atom is -0.454 e. The van der Waals surface area contributed by atoms with E-state index in [1.165, 1.54) is 16.4 Å². The van der Waals surface area contributed by atoms with Crippen molar-refractivity contribution in [3.8, 4) is 11.5 Å². The molecule has 1 fully saturated rings. The van der Waals surface area contributed by atoms with Crippen molar-refractivity contribution in [2.24, 2.45) is 0 Å². The van der Waals surface area contributed by atoms with Gasteiger partial charge in [0.25, 0.3) is 0 Å². The molecule has 2 aliphatic heterocycles. The number of rotatable bonds is 7. The fourth-order valence-electron chi connectivity index (χ4n) is 4.07. The molecular formula is C23H26FN3O6S. The summed E-state index contributed by atoms with van der Waals surface area (Å²) in [6.07, 6.45) is 2.60. The molecule has 9 nitrogen and oxygen atoms in total. The van der Waals surface area contributed by atoms with E-state index < -0.39 is 27.7 Å². The summed E-state index contributed by atoms with van der Waals surface area (Å²) in [5.41, 5.74) is 0.759. The minimum atomic E-state index is -3.78. The van der Waals surface area contributed by atoms with Crippen LogP contribution in [0.25, 0.3) is 0 Å². The van der Waals surface area contributed by atoms with Gasteiger partial charge < -0.3 is 20.1 Å². The fourth-order valence-corrected chi connectivity index (χ4v) is 5.79. The quantitative estimate of drug-likeness (QED) is 0.572. The molecule has 11 heteroatoms. The molecule has 2 heterocycles. The predicted octanol–water partition coefficient (Wildman–Crippen LogP) is 1.92. The van der Waals surface area contributed by atoms with Gasteiger partial charge in [0.2, 0.25) is 16.8 Å². The molecule has 1 atom stereocenters. The van der Waals surface area contributed by atoms with Gasteiger partial charge in [-0.15, -0.1) is 0 Å². The third-order valence-corrected chi connectivity index (χ3v) is 7.82. The minimum absolute atomic E-state index is 0.0349. The first-order chi connectivity index (χ1) is 16.3. The van der Waals surface area contributed by atoms with Crippen LogP contribution in [0.1, 0.15) is 31.2 Å². The topological polar surface area (TPSA) is 114 Å². The van der Waals surface area contributed by atoms with Crippen LogP contribution in [-0.4, -0.2) is 50.5 Å². The highest BCUT2D eigenvalue weighted by molar-refractivity contribution is 7.89. The molecule has 0 aromatic heterocycles. The van der Waals surface area contributed by atoms with Gasteiger partial charge in [-0.1, -0.05) is 12.5 Å². The van der Waals surface area contributed by atoms with E-state index in [1.54, 1.807) is 18.2 Å². The number of hydrogen-bond donors (Lipinski definition) is 2. The Morgan fingerprint density at radius 3 is 2.53 bits per heavy atom. The number of ether oxygens (including phenoxy) is 2. The molecule has 2 aromatic rings. The molecule has 2 aromatic carbocycles. The van der Waals surface area contributed by atoms with Crippen molar-refractivity contribution in [2.45, 2.75) is 43.2 Å². The van der Waals surface area contributed by atoms with E-state index in [-0.39, 0.29) is 30.8 Å². The highest BCUT2D eigenvalue weighted by atomic mass is 32.2. The Morgan fingerprint density at radius 2 is 1.74 bits per heavy atom. The first kappa shape index (κ1) is 24.0. The molecule has 2 amide bonds. The Kier molecular flexibility index (Phi) is 7.32. The molecule has 1 saturated heterocycles. The average molecular weight is 492 g/mol. The molecular weight excluding hydrogens is 465 g/mol. The van der Waals surface area contributed by atoms with Crippen molar-refractivity contribution in [1.82, 2.24) is 14.9 Å². The van der Waals surface area contributed by atoms with E-state index in [9.17, 15) is 22.4 Å². The summed E-state index contributed by atoms with van der Waals surface area (Å²) in [6, 6.07) is 9.67. The zero-order chi connectivity index (χ0) is 24.1. The molecule has 182 valence electrons. The van der Waals surface area contributed by atoms with Gasteiger partial charge in [-0.05, 0) is 61.2 Å². The zero-order valence-electron chi connectivity index (χ0n) is 18.5. The van der Waals surface area contributed by atoms with Crippen LogP contribution >= 0.6 is 0 Å². The fraction of sp³-hybridized carbons (Fsp3) is 0.391. The van der Waals surface area contributed by atoms with Gasteiger partial charge in [0.05, 0.1) is 4.90 Å². The molecule has 4 rings (SSSR count). The summed E-state index contributed by atoms with van der Waals surface area (Å²) in [5, 5.41) is 5.11. The Hall–Kier alpha value is -3.18. The van der Waals surface area contributed by atoms with Crippen LogP contribution < -0.4 is 20.1 Å². The maximum absolute atomic E-state index is 13.2. The van der Waals surface area contributed by atoms with Gasteiger partial charge >= 0.3 is 11.8 Å².